The number of benzene rings is 1. The molecule has 1 fully saturated rings. The molecule has 1 atom stereocenters. The minimum absolute atomic E-state index is 0.299. The Labute approximate surface area is 164 Å². The molecule has 3 rings (SSSR count). The van der Waals surface area contributed by atoms with Crippen molar-refractivity contribution in [2.24, 2.45) is 11.8 Å². The fourth-order valence-electron chi connectivity index (χ4n) is 3.41. The van der Waals surface area contributed by atoms with Crippen molar-refractivity contribution in [1.29, 1.82) is 0 Å². The summed E-state index contributed by atoms with van der Waals surface area (Å²) in [5.41, 5.74) is 2.23. The zero-order valence-electron chi connectivity index (χ0n) is 17.3. The molecule has 1 aromatic heterocycles. The van der Waals surface area contributed by atoms with Crippen LogP contribution in [0.3, 0.4) is 0 Å². The molecule has 2 aromatic rings. The Balaban J connectivity index is 0.000000199. The Hall–Kier alpha value is -2.03. The Morgan fingerprint density at radius 3 is 2.07 bits per heavy atom. The molecule has 3 heteroatoms. The summed E-state index contributed by atoms with van der Waals surface area (Å²) in [7, 11) is 0. The quantitative estimate of drug-likeness (QED) is 0.611. The van der Waals surface area contributed by atoms with Crippen LogP contribution in [0.5, 0.6) is 0 Å². The van der Waals surface area contributed by atoms with E-state index in [0.29, 0.717) is 23.5 Å². The summed E-state index contributed by atoms with van der Waals surface area (Å²) < 4.78 is 0. The van der Waals surface area contributed by atoms with E-state index < -0.39 is 0 Å². The third-order valence-corrected chi connectivity index (χ3v) is 5.40. The maximum atomic E-state index is 11.7. The second kappa shape index (κ2) is 11.0. The van der Waals surface area contributed by atoms with Crippen molar-refractivity contribution in [3.63, 3.8) is 0 Å². The van der Waals surface area contributed by atoms with E-state index >= 15 is 0 Å². The van der Waals surface area contributed by atoms with Gasteiger partial charge >= 0.3 is 0 Å². The number of hydrogen-bond donors (Lipinski definition) is 0. The summed E-state index contributed by atoms with van der Waals surface area (Å²) in [5.74, 6) is 2.52. The predicted molar refractivity (Wildman–Crippen MR) is 113 cm³/mol. The van der Waals surface area contributed by atoms with Crippen molar-refractivity contribution in [1.82, 2.24) is 9.97 Å². The van der Waals surface area contributed by atoms with E-state index in [-0.39, 0.29) is 0 Å². The average Bonchev–Trinajstić information content (AvgIpc) is 2.74. The van der Waals surface area contributed by atoms with Crippen LogP contribution in [0, 0.1) is 11.8 Å². The van der Waals surface area contributed by atoms with Crippen LogP contribution in [0.15, 0.2) is 42.7 Å². The number of ketones is 1. The predicted octanol–water partition coefficient (Wildman–Crippen LogP) is 6.45. The van der Waals surface area contributed by atoms with Gasteiger partial charge in [0.25, 0.3) is 0 Å². The Morgan fingerprint density at radius 2 is 1.56 bits per heavy atom. The van der Waals surface area contributed by atoms with Crippen LogP contribution in [0.2, 0.25) is 0 Å². The van der Waals surface area contributed by atoms with Gasteiger partial charge in [-0.05, 0) is 24.8 Å². The molecule has 1 saturated carbocycles. The maximum Gasteiger partial charge on any atom is 0.138 e. The van der Waals surface area contributed by atoms with Gasteiger partial charge in [0.1, 0.15) is 11.6 Å². The number of carbonyl (C=O) groups excluding carboxylic acids is 1. The first-order valence-electron chi connectivity index (χ1n) is 10.4. The first kappa shape index (κ1) is 21.3. The molecular weight excluding hydrogens is 332 g/mol. The maximum absolute atomic E-state index is 11.7. The van der Waals surface area contributed by atoms with Gasteiger partial charge in [-0.15, -0.1) is 0 Å². The topological polar surface area (TPSA) is 42.9 Å². The normalized spacial score (nSPS) is 15.7. The summed E-state index contributed by atoms with van der Waals surface area (Å²) in [5, 5.41) is 0. The second-order valence-electron chi connectivity index (χ2n) is 7.90. The SMILES string of the molecule is CC(C)c1ncc(-c2ccccc2)cn1.CCC(C)C(=O)C1CCCCC1. The van der Waals surface area contributed by atoms with Gasteiger partial charge in [-0.25, -0.2) is 9.97 Å². The molecule has 1 aliphatic carbocycles. The van der Waals surface area contributed by atoms with Gasteiger partial charge < -0.3 is 0 Å². The first-order chi connectivity index (χ1) is 13.0. The molecule has 0 amide bonds. The van der Waals surface area contributed by atoms with Crippen molar-refractivity contribution >= 4 is 5.78 Å². The lowest BCUT2D eigenvalue weighted by molar-refractivity contribution is -0.127. The van der Waals surface area contributed by atoms with Crippen LogP contribution in [0.25, 0.3) is 11.1 Å². The van der Waals surface area contributed by atoms with Crippen LogP contribution in [0.1, 0.15) is 78.0 Å². The lowest BCUT2D eigenvalue weighted by Crippen LogP contribution is -2.23. The highest BCUT2D eigenvalue weighted by Gasteiger charge is 2.23. The monoisotopic (exact) mass is 366 g/mol. The smallest absolute Gasteiger partial charge is 0.138 e. The van der Waals surface area contributed by atoms with Gasteiger partial charge in [0.2, 0.25) is 0 Å². The van der Waals surface area contributed by atoms with E-state index in [1.807, 2.05) is 30.6 Å². The lowest BCUT2D eigenvalue weighted by Gasteiger charge is -2.22. The van der Waals surface area contributed by atoms with Crippen LogP contribution < -0.4 is 0 Å². The molecule has 1 aromatic carbocycles. The minimum atomic E-state index is 0.299. The molecule has 146 valence electrons. The minimum Gasteiger partial charge on any atom is -0.299 e. The zero-order chi connectivity index (χ0) is 19.6. The standard InChI is InChI=1S/C13H14N2.C11H20O/c1-10(2)13-14-8-12(9-15-13)11-6-4-3-5-7-11;1-3-9(2)11(12)10-7-5-4-6-8-10/h3-10H,1-2H3;9-10H,3-8H2,1-2H3. The summed E-state index contributed by atoms with van der Waals surface area (Å²) >= 11 is 0. The Kier molecular flexibility index (Phi) is 8.63. The van der Waals surface area contributed by atoms with E-state index in [4.69, 9.17) is 0 Å². The van der Waals surface area contributed by atoms with Crippen molar-refractivity contribution in [2.75, 3.05) is 0 Å². The van der Waals surface area contributed by atoms with Crippen molar-refractivity contribution < 1.29 is 4.79 Å². The number of carbonyl (C=O) groups is 1. The summed E-state index contributed by atoms with van der Waals surface area (Å²) in [6.45, 7) is 8.36. The third kappa shape index (κ3) is 6.57. The number of Topliss-reactive ketones (excluding diaryl/α,β-unsaturated/α-hetero) is 1. The Bertz CT molecular complexity index is 673. The second-order valence-corrected chi connectivity index (χ2v) is 7.90. The van der Waals surface area contributed by atoms with Gasteiger partial charge in [-0.3, -0.25) is 4.79 Å². The Morgan fingerprint density at radius 1 is 0.963 bits per heavy atom. The van der Waals surface area contributed by atoms with E-state index in [2.05, 4.69) is 49.8 Å². The molecule has 1 aliphatic rings. The van der Waals surface area contributed by atoms with Gasteiger partial charge in [-0.1, -0.05) is 77.3 Å². The summed E-state index contributed by atoms with van der Waals surface area (Å²) in [4.78, 5) is 20.4. The van der Waals surface area contributed by atoms with Crippen LogP contribution >= 0.6 is 0 Å². The van der Waals surface area contributed by atoms with Crippen molar-refractivity contribution in [3.05, 3.63) is 48.5 Å². The van der Waals surface area contributed by atoms with Crippen LogP contribution in [-0.4, -0.2) is 15.8 Å². The van der Waals surface area contributed by atoms with Gasteiger partial charge in [0.15, 0.2) is 0 Å². The highest BCUT2D eigenvalue weighted by atomic mass is 16.1. The molecule has 27 heavy (non-hydrogen) atoms. The van der Waals surface area contributed by atoms with E-state index in [9.17, 15) is 4.79 Å². The van der Waals surface area contributed by atoms with Gasteiger partial charge in [-0.2, -0.15) is 0 Å². The van der Waals surface area contributed by atoms with E-state index in [1.54, 1.807) is 0 Å². The molecular formula is C24H34N2O. The summed E-state index contributed by atoms with van der Waals surface area (Å²) in [6, 6.07) is 10.2. The number of nitrogens with zero attached hydrogens (tertiary/aromatic N) is 2. The van der Waals surface area contributed by atoms with Crippen LogP contribution in [0.4, 0.5) is 0 Å². The molecule has 0 radical (unpaired) electrons. The average molecular weight is 367 g/mol. The fraction of sp³-hybridized carbons (Fsp3) is 0.542. The first-order valence-corrected chi connectivity index (χ1v) is 10.4. The number of rotatable bonds is 5. The highest BCUT2D eigenvalue weighted by molar-refractivity contribution is 5.83. The largest absolute Gasteiger partial charge is 0.299 e. The molecule has 0 N–H and O–H groups in total. The van der Waals surface area contributed by atoms with Crippen LogP contribution in [-0.2, 0) is 4.79 Å². The van der Waals surface area contributed by atoms with E-state index in [1.165, 1.54) is 19.3 Å². The molecule has 0 spiro atoms. The molecule has 0 aliphatic heterocycles. The molecule has 0 bridgehead atoms. The summed E-state index contributed by atoms with van der Waals surface area (Å²) in [6.07, 6.45) is 11.0. The van der Waals surface area contributed by atoms with E-state index in [0.717, 1.165) is 36.2 Å². The molecule has 1 heterocycles. The molecule has 3 nitrogen and oxygen atoms in total. The fourth-order valence-corrected chi connectivity index (χ4v) is 3.41. The number of hydrogen-bond acceptors (Lipinski definition) is 3. The molecule has 1 unspecified atom stereocenters. The van der Waals surface area contributed by atoms with Gasteiger partial charge in [0.05, 0.1) is 0 Å². The van der Waals surface area contributed by atoms with Crippen molar-refractivity contribution in [3.8, 4) is 11.1 Å². The highest BCUT2D eigenvalue weighted by Crippen LogP contribution is 2.27. The van der Waals surface area contributed by atoms with Crippen molar-refractivity contribution in [2.45, 2.75) is 72.1 Å². The third-order valence-electron chi connectivity index (χ3n) is 5.40. The number of aromatic nitrogens is 2. The lowest BCUT2D eigenvalue weighted by atomic mass is 9.81. The van der Waals surface area contributed by atoms with Gasteiger partial charge in [0, 0.05) is 35.7 Å². The zero-order valence-corrected chi connectivity index (χ0v) is 17.3. The molecule has 0 saturated heterocycles.